The first-order valence-corrected chi connectivity index (χ1v) is 15.4. The van der Waals surface area contributed by atoms with Gasteiger partial charge in [-0.25, -0.2) is 15.8 Å². The summed E-state index contributed by atoms with van der Waals surface area (Å²) >= 11 is 2.06. The number of nitrogens with one attached hydrogen (secondary N) is 2. The zero-order chi connectivity index (χ0) is 31.1. The molecule has 0 unspecified atom stereocenters. The second-order valence-electron chi connectivity index (χ2n) is 8.42. The summed E-state index contributed by atoms with van der Waals surface area (Å²) in [6.07, 6.45) is 0. The molecular weight excluding hydrogens is 665 g/mol. The Morgan fingerprint density at radius 1 is 0.614 bits per heavy atom. The highest BCUT2D eigenvalue weighted by Crippen LogP contribution is 2.36. The molecule has 0 atom stereocenters. The van der Waals surface area contributed by atoms with Crippen LogP contribution < -0.4 is 10.6 Å². The average Bonchev–Trinajstić information content (AvgIpc) is 3.01. The molecule has 5 rings (SSSR count). The summed E-state index contributed by atoms with van der Waals surface area (Å²) in [5, 5.41) is 53.7. The first kappa shape index (κ1) is 32.1. The maximum absolute atomic E-state index is 11.7. The largest absolute Gasteiger partial charge is 0.339 e. The summed E-state index contributed by atoms with van der Waals surface area (Å²) in [6.45, 7) is 0. The Bertz CT molecular complexity index is 1880. The van der Waals surface area contributed by atoms with E-state index in [1.54, 1.807) is 48.5 Å². The van der Waals surface area contributed by atoms with E-state index >= 15 is 0 Å². The zero-order valence-electron chi connectivity index (χ0n) is 21.5. The van der Waals surface area contributed by atoms with Gasteiger partial charge in [0.25, 0.3) is 10.1 Å². The van der Waals surface area contributed by atoms with Crippen molar-refractivity contribution >= 4 is 90.8 Å². The predicted octanol–water partition coefficient (Wildman–Crippen LogP) is 6.80. The van der Waals surface area contributed by atoms with Crippen LogP contribution in [0.25, 0.3) is 21.5 Å². The standard InChI is InChI=1S/C24H18N4O12S4/c29-35-38-41-17-8-14-7-15(3-4-19(14)21(11-17)42-39-36-30)25-23-5-6-24(28-27-23)26-16-2-1-13-9-18(44(32,33)34)12-22(20(13)10-16)43-40-37-31/h1-12,29-31H,(H,25,27)(H,26,28)(H,32,33,34). The third-order valence-electron chi connectivity index (χ3n) is 5.75. The van der Waals surface area contributed by atoms with Gasteiger partial charge in [-0.2, -0.15) is 8.42 Å². The Kier molecular flexibility index (Phi) is 10.7. The number of rotatable bonds is 14. The summed E-state index contributed by atoms with van der Waals surface area (Å²) in [7, 11) is -4.50. The number of nitrogens with zero attached hydrogens (tertiary/aromatic N) is 2. The van der Waals surface area contributed by atoms with E-state index in [0.717, 1.165) is 34.9 Å². The van der Waals surface area contributed by atoms with E-state index in [9.17, 15) is 13.0 Å². The van der Waals surface area contributed by atoms with Gasteiger partial charge in [0.05, 0.1) is 41.0 Å². The van der Waals surface area contributed by atoms with Crippen LogP contribution in [0.5, 0.6) is 0 Å². The first-order valence-electron chi connectivity index (χ1n) is 11.7. The molecule has 0 aliphatic rings. The van der Waals surface area contributed by atoms with Gasteiger partial charge in [0.2, 0.25) is 0 Å². The Labute approximate surface area is 260 Å². The summed E-state index contributed by atoms with van der Waals surface area (Å²) in [4.78, 5) is 1.02. The fourth-order valence-corrected chi connectivity index (χ4v) is 6.26. The van der Waals surface area contributed by atoms with E-state index in [1.807, 2.05) is 12.1 Å². The molecule has 5 aromatic rings. The van der Waals surface area contributed by atoms with E-state index in [1.165, 1.54) is 12.1 Å². The molecule has 4 aromatic carbocycles. The minimum absolute atomic E-state index is 0.244. The molecule has 0 bridgehead atoms. The van der Waals surface area contributed by atoms with Crippen LogP contribution in [0.3, 0.4) is 0 Å². The highest BCUT2D eigenvalue weighted by Gasteiger charge is 2.16. The fourth-order valence-electron chi connectivity index (χ4n) is 4.02. The Morgan fingerprint density at radius 3 is 1.82 bits per heavy atom. The summed E-state index contributed by atoms with van der Waals surface area (Å²) in [6, 6.07) is 19.7. The number of hydrogen-bond acceptors (Lipinski definition) is 18. The lowest BCUT2D eigenvalue weighted by Crippen LogP contribution is -2.00. The van der Waals surface area contributed by atoms with Gasteiger partial charge in [-0.1, -0.05) is 27.2 Å². The highest BCUT2D eigenvalue weighted by molar-refractivity contribution is 7.95. The monoisotopic (exact) mass is 682 g/mol. The fraction of sp³-hybridized carbons (Fsp3) is 0. The molecule has 0 amide bonds. The lowest BCUT2D eigenvalue weighted by Gasteiger charge is -2.12. The van der Waals surface area contributed by atoms with Gasteiger partial charge in [-0.15, -0.1) is 23.2 Å². The van der Waals surface area contributed by atoms with E-state index in [0.29, 0.717) is 55.6 Å². The van der Waals surface area contributed by atoms with Gasteiger partial charge in [-0.05, 0) is 82.2 Å². The van der Waals surface area contributed by atoms with Crippen LogP contribution in [0.4, 0.5) is 23.0 Å². The minimum Gasteiger partial charge on any atom is -0.339 e. The quantitative estimate of drug-likeness (QED) is 0.0307. The molecule has 1 heterocycles. The zero-order valence-corrected chi connectivity index (χ0v) is 24.8. The number of anilines is 4. The molecule has 0 radical (unpaired) electrons. The molecule has 0 saturated carbocycles. The molecule has 0 aliphatic heterocycles. The number of benzene rings is 4. The SMILES string of the molecule is O=S(=O)(O)c1cc(SOOO)c2cc(Nc3ccc(Nc4ccc5c(SOOO)cc(SOOO)cc5c4)nn3)ccc2c1. The van der Waals surface area contributed by atoms with Crippen molar-refractivity contribution in [2.24, 2.45) is 0 Å². The number of fused-ring (bicyclic) bond motifs is 2. The van der Waals surface area contributed by atoms with Crippen LogP contribution >= 0.6 is 36.1 Å². The number of hydrogen-bond donors (Lipinski definition) is 6. The topological polar surface area (TPSA) is 220 Å². The molecule has 6 N–H and O–H groups in total. The minimum atomic E-state index is -4.50. The normalized spacial score (nSPS) is 11.7. The molecule has 20 heteroatoms. The molecule has 0 fully saturated rings. The third-order valence-corrected chi connectivity index (χ3v) is 8.44. The van der Waals surface area contributed by atoms with Gasteiger partial charge in [0.15, 0.2) is 11.6 Å². The summed E-state index contributed by atoms with van der Waals surface area (Å²) < 4.78 is 46.4. The van der Waals surface area contributed by atoms with Crippen molar-refractivity contribution in [2.75, 3.05) is 10.6 Å². The van der Waals surface area contributed by atoms with Gasteiger partial charge >= 0.3 is 0 Å². The van der Waals surface area contributed by atoms with Crippen LogP contribution in [0.15, 0.2) is 92.4 Å². The van der Waals surface area contributed by atoms with Crippen molar-refractivity contribution in [3.8, 4) is 0 Å². The summed E-state index contributed by atoms with van der Waals surface area (Å²) in [5.74, 6) is 0.827. The van der Waals surface area contributed by atoms with Crippen LogP contribution in [-0.4, -0.2) is 38.9 Å². The molecule has 0 aliphatic carbocycles. The molecule has 1 aromatic heterocycles. The van der Waals surface area contributed by atoms with Gasteiger partial charge in [0, 0.05) is 26.1 Å². The van der Waals surface area contributed by atoms with Gasteiger partial charge < -0.3 is 10.6 Å². The van der Waals surface area contributed by atoms with E-state index in [-0.39, 0.29) is 9.79 Å². The molecule has 0 spiro atoms. The second kappa shape index (κ2) is 14.6. The van der Waals surface area contributed by atoms with Crippen molar-refractivity contribution in [3.05, 3.63) is 72.8 Å². The maximum Gasteiger partial charge on any atom is 0.294 e. The molecular formula is C24H18N4O12S4. The summed E-state index contributed by atoms with van der Waals surface area (Å²) in [5.41, 5.74) is 1.24. The Balaban J connectivity index is 1.34. The van der Waals surface area contributed by atoms with Crippen molar-refractivity contribution < 1.29 is 56.9 Å². The van der Waals surface area contributed by atoms with Crippen LogP contribution in [0, 0.1) is 0 Å². The van der Waals surface area contributed by atoms with Crippen molar-refractivity contribution in [1.82, 2.24) is 10.2 Å². The van der Waals surface area contributed by atoms with E-state index in [2.05, 4.69) is 48.9 Å². The Morgan fingerprint density at radius 2 is 1.20 bits per heavy atom. The maximum atomic E-state index is 11.7. The molecule has 16 nitrogen and oxygen atoms in total. The average molecular weight is 683 g/mol. The van der Waals surface area contributed by atoms with Crippen molar-refractivity contribution in [1.29, 1.82) is 0 Å². The molecule has 230 valence electrons. The molecule has 44 heavy (non-hydrogen) atoms. The van der Waals surface area contributed by atoms with Crippen molar-refractivity contribution in [2.45, 2.75) is 19.6 Å². The van der Waals surface area contributed by atoms with Gasteiger partial charge in [0.1, 0.15) is 0 Å². The third kappa shape index (κ3) is 8.03. The lowest BCUT2D eigenvalue weighted by atomic mass is 10.1. The van der Waals surface area contributed by atoms with Gasteiger partial charge in [-0.3, -0.25) is 4.55 Å². The van der Waals surface area contributed by atoms with E-state index in [4.69, 9.17) is 15.8 Å². The highest BCUT2D eigenvalue weighted by atomic mass is 32.2. The predicted molar refractivity (Wildman–Crippen MR) is 158 cm³/mol. The molecule has 0 saturated heterocycles. The van der Waals surface area contributed by atoms with Crippen LogP contribution in [0.2, 0.25) is 0 Å². The lowest BCUT2D eigenvalue weighted by molar-refractivity contribution is -0.432. The van der Waals surface area contributed by atoms with Crippen molar-refractivity contribution in [3.63, 3.8) is 0 Å². The van der Waals surface area contributed by atoms with E-state index < -0.39 is 10.1 Å². The van der Waals surface area contributed by atoms with Crippen LogP contribution in [-0.2, 0) is 38.2 Å². The Hall–Kier alpha value is -3.32. The van der Waals surface area contributed by atoms with Crippen LogP contribution in [0.1, 0.15) is 0 Å². The first-order chi connectivity index (χ1) is 21.3. The second-order valence-corrected chi connectivity index (χ2v) is 12.1. The number of aromatic nitrogens is 2. The smallest absolute Gasteiger partial charge is 0.294 e.